The Morgan fingerprint density at radius 2 is 1.32 bits per heavy atom. The van der Waals surface area contributed by atoms with Crippen molar-refractivity contribution in [1.29, 1.82) is 0 Å². The maximum Gasteiger partial charge on any atom is 0.134 e. The zero-order valence-electron chi connectivity index (χ0n) is 12.2. The van der Waals surface area contributed by atoms with Crippen LogP contribution in [0.3, 0.4) is 0 Å². The topological polar surface area (TPSA) is 38.7 Å². The Morgan fingerprint density at radius 3 is 2.09 bits per heavy atom. The number of phenolic OH excluding ortho intramolecular Hbond substituents is 1. The zero-order valence-corrected chi connectivity index (χ0v) is 12.2. The van der Waals surface area contributed by atoms with E-state index < -0.39 is 0 Å². The molecule has 0 bridgehead atoms. The summed E-state index contributed by atoms with van der Waals surface area (Å²) in [6.45, 7) is 1.81. The van der Waals surface area contributed by atoms with Gasteiger partial charge in [-0.15, -0.1) is 0 Å². The predicted molar refractivity (Wildman–Crippen MR) is 85.9 cm³/mol. The van der Waals surface area contributed by atoms with Gasteiger partial charge >= 0.3 is 0 Å². The highest BCUT2D eigenvalue weighted by atomic mass is 16.5. The van der Waals surface area contributed by atoms with E-state index in [1.165, 1.54) is 0 Å². The van der Waals surface area contributed by atoms with E-state index >= 15 is 0 Å². The minimum Gasteiger partial charge on any atom is -0.508 e. The molecule has 3 aromatic rings. The zero-order chi connectivity index (χ0) is 15.4. The fraction of sp³-hybridized carbons (Fsp3) is 0.0526. The summed E-state index contributed by atoms with van der Waals surface area (Å²) in [7, 11) is 0. The van der Waals surface area contributed by atoms with Gasteiger partial charge in [0, 0.05) is 11.6 Å². The number of hydrogen-bond donors (Lipinski definition) is 1. The summed E-state index contributed by atoms with van der Waals surface area (Å²) in [4.78, 5) is 0. The molecule has 0 heterocycles. The van der Waals surface area contributed by atoms with Crippen molar-refractivity contribution in [1.82, 2.24) is 0 Å². The van der Waals surface area contributed by atoms with E-state index in [1.54, 1.807) is 12.1 Å². The minimum atomic E-state index is 0.217. The number of hydrogen-bond acceptors (Lipinski definition) is 3. The molecule has 3 rings (SSSR count). The van der Waals surface area contributed by atoms with Gasteiger partial charge in [0.2, 0.25) is 0 Å². The molecular weight excluding hydrogens is 276 g/mol. The average molecular weight is 292 g/mol. The standard InChI is InChI=1S/C19H16O3/c1-14-18(20)11-6-12-19(14)22-17-10-5-9-16(13-17)21-15-7-3-2-4-8-15/h2-13,20H,1H3. The van der Waals surface area contributed by atoms with Crippen LogP contribution in [0.25, 0.3) is 0 Å². The summed E-state index contributed by atoms with van der Waals surface area (Å²) in [6, 6.07) is 22.2. The van der Waals surface area contributed by atoms with Crippen LogP contribution in [0.4, 0.5) is 0 Å². The van der Waals surface area contributed by atoms with Gasteiger partial charge in [0.25, 0.3) is 0 Å². The lowest BCUT2D eigenvalue weighted by atomic mass is 10.2. The number of ether oxygens (including phenoxy) is 2. The van der Waals surface area contributed by atoms with E-state index in [0.29, 0.717) is 22.8 Å². The van der Waals surface area contributed by atoms with E-state index in [4.69, 9.17) is 9.47 Å². The maximum atomic E-state index is 9.72. The molecule has 0 aliphatic rings. The average Bonchev–Trinajstić information content (AvgIpc) is 2.53. The van der Waals surface area contributed by atoms with Gasteiger partial charge in [0.05, 0.1) is 0 Å². The Morgan fingerprint density at radius 1 is 0.682 bits per heavy atom. The van der Waals surface area contributed by atoms with Crippen LogP contribution < -0.4 is 9.47 Å². The Hall–Kier alpha value is -2.94. The van der Waals surface area contributed by atoms with Crippen LogP contribution in [0.1, 0.15) is 5.56 Å². The quantitative estimate of drug-likeness (QED) is 0.710. The molecular formula is C19H16O3. The molecule has 22 heavy (non-hydrogen) atoms. The highest BCUT2D eigenvalue weighted by molar-refractivity contribution is 5.46. The first-order chi connectivity index (χ1) is 10.7. The summed E-state index contributed by atoms with van der Waals surface area (Å²) in [5.74, 6) is 2.96. The lowest BCUT2D eigenvalue weighted by Crippen LogP contribution is -1.89. The number of para-hydroxylation sites is 1. The second-order valence-electron chi connectivity index (χ2n) is 4.89. The third-order valence-electron chi connectivity index (χ3n) is 3.27. The van der Waals surface area contributed by atoms with E-state index in [9.17, 15) is 5.11 Å². The Labute approximate surface area is 129 Å². The van der Waals surface area contributed by atoms with E-state index in [2.05, 4.69) is 0 Å². The molecule has 3 aromatic carbocycles. The molecule has 0 saturated carbocycles. The number of phenols is 1. The second-order valence-corrected chi connectivity index (χ2v) is 4.89. The maximum absolute atomic E-state index is 9.72. The molecule has 0 aromatic heterocycles. The van der Waals surface area contributed by atoms with Gasteiger partial charge in [0.1, 0.15) is 28.7 Å². The fourth-order valence-electron chi connectivity index (χ4n) is 2.07. The highest BCUT2D eigenvalue weighted by Crippen LogP contribution is 2.32. The molecule has 0 atom stereocenters. The third kappa shape index (κ3) is 3.20. The summed E-state index contributed by atoms with van der Waals surface area (Å²) in [6.07, 6.45) is 0. The lowest BCUT2D eigenvalue weighted by Gasteiger charge is -2.11. The third-order valence-corrected chi connectivity index (χ3v) is 3.27. The van der Waals surface area contributed by atoms with Crippen molar-refractivity contribution >= 4 is 0 Å². The van der Waals surface area contributed by atoms with Crippen molar-refractivity contribution in [2.45, 2.75) is 6.92 Å². The van der Waals surface area contributed by atoms with Gasteiger partial charge < -0.3 is 14.6 Å². The van der Waals surface area contributed by atoms with E-state index in [1.807, 2.05) is 67.6 Å². The van der Waals surface area contributed by atoms with Crippen LogP contribution >= 0.6 is 0 Å². The summed E-state index contributed by atoms with van der Waals surface area (Å²) < 4.78 is 11.6. The molecule has 0 spiro atoms. The Kier molecular flexibility index (Phi) is 3.97. The summed E-state index contributed by atoms with van der Waals surface area (Å²) in [5.41, 5.74) is 0.705. The monoisotopic (exact) mass is 292 g/mol. The van der Waals surface area contributed by atoms with Gasteiger partial charge in [0.15, 0.2) is 0 Å². The molecule has 0 radical (unpaired) electrons. The van der Waals surface area contributed by atoms with Gasteiger partial charge in [-0.3, -0.25) is 0 Å². The van der Waals surface area contributed by atoms with Crippen LogP contribution in [0, 0.1) is 6.92 Å². The van der Waals surface area contributed by atoms with Crippen molar-refractivity contribution in [3.8, 4) is 28.7 Å². The number of aromatic hydroxyl groups is 1. The first-order valence-corrected chi connectivity index (χ1v) is 7.02. The number of rotatable bonds is 4. The smallest absolute Gasteiger partial charge is 0.134 e. The Balaban J connectivity index is 1.81. The lowest BCUT2D eigenvalue weighted by molar-refractivity contribution is 0.443. The number of benzene rings is 3. The van der Waals surface area contributed by atoms with E-state index in [-0.39, 0.29) is 5.75 Å². The predicted octanol–water partition coefficient (Wildman–Crippen LogP) is 5.29. The molecule has 0 unspecified atom stereocenters. The van der Waals surface area contributed by atoms with Crippen LogP contribution in [-0.2, 0) is 0 Å². The van der Waals surface area contributed by atoms with Gasteiger partial charge in [-0.1, -0.05) is 30.3 Å². The van der Waals surface area contributed by atoms with Crippen LogP contribution in [0.2, 0.25) is 0 Å². The van der Waals surface area contributed by atoms with Crippen molar-refractivity contribution < 1.29 is 14.6 Å². The van der Waals surface area contributed by atoms with Gasteiger partial charge in [-0.25, -0.2) is 0 Å². The van der Waals surface area contributed by atoms with Gasteiger partial charge in [-0.05, 0) is 43.3 Å². The molecule has 1 N–H and O–H groups in total. The first-order valence-electron chi connectivity index (χ1n) is 7.02. The van der Waals surface area contributed by atoms with Crippen LogP contribution in [0.15, 0.2) is 72.8 Å². The van der Waals surface area contributed by atoms with E-state index in [0.717, 1.165) is 5.75 Å². The van der Waals surface area contributed by atoms with Crippen LogP contribution in [-0.4, -0.2) is 5.11 Å². The Bertz CT molecular complexity index is 767. The minimum absolute atomic E-state index is 0.217. The largest absolute Gasteiger partial charge is 0.508 e. The summed E-state index contributed by atoms with van der Waals surface area (Å²) in [5, 5.41) is 9.72. The molecule has 3 nitrogen and oxygen atoms in total. The molecule has 0 fully saturated rings. The highest BCUT2D eigenvalue weighted by Gasteiger charge is 2.06. The van der Waals surface area contributed by atoms with Crippen LogP contribution in [0.5, 0.6) is 28.7 Å². The normalized spacial score (nSPS) is 10.2. The van der Waals surface area contributed by atoms with Crippen molar-refractivity contribution in [2.75, 3.05) is 0 Å². The van der Waals surface area contributed by atoms with Crippen molar-refractivity contribution in [3.63, 3.8) is 0 Å². The second kappa shape index (κ2) is 6.22. The van der Waals surface area contributed by atoms with Crippen molar-refractivity contribution in [2.24, 2.45) is 0 Å². The molecule has 0 aliphatic heterocycles. The van der Waals surface area contributed by atoms with Crippen molar-refractivity contribution in [3.05, 3.63) is 78.4 Å². The molecule has 3 heteroatoms. The molecule has 0 saturated heterocycles. The fourth-order valence-corrected chi connectivity index (χ4v) is 2.07. The molecule has 0 amide bonds. The summed E-state index contributed by atoms with van der Waals surface area (Å²) >= 11 is 0. The molecule has 0 aliphatic carbocycles. The first kappa shape index (κ1) is 14.0. The molecule has 110 valence electrons. The SMILES string of the molecule is Cc1c(O)cccc1Oc1cccc(Oc2ccccc2)c1. The van der Waals surface area contributed by atoms with Gasteiger partial charge in [-0.2, -0.15) is 0 Å².